The highest BCUT2D eigenvalue weighted by atomic mass is 16.5. The van der Waals surface area contributed by atoms with Gasteiger partial charge in [0.1, 0.15) is 0 Å². The van der Waals surface area contributed by atoms with Crippen LogP contribution in [0.2, 0.25) is 0 Å². The van der Waals surface area contributed by atoms with E-state index in [1.54, 1.807) is 0 Å². The second-order valence-electron chi connectivity index (χ2n) is 6.59. The standard InChI is InChI=1S/C18H28N2O2/c1-6-19(7-2)16-10-8-15(9-11-16)17(21)20-12-14(3)22-18(4,5)13-20/h8-11,14H,6-7,12-13H2,1-5H3. The Hall–Kier alpha value is -1.55. The Morgan fingerprint density at radius 1 is 1.27 bits per heavy atom. The quantitative estimate of drug-likeness (QED) is 0.856. The minimum Gasteiger partial charge on any atom is -0.372 e. The van der Waals surface area contributed by atoms with Crippen molar-refractivity contribution in [3.8, 4) is 0 Å². The Morgan fingerprint density at radius 3 is 2.36 bits per heavy atom. The molecule has 2 rings (SSSR count). The highest BCUT2D eigenvalue weighted by molar-refractivity contribution is 5.94. The minimum absolute atomic E-state index is 0.0719. The lowest BCUT2D eigenvalue weighted by molar-refractivity contribution is -0.118. The van der Waals surface area contributed by atoms with Gasteiger partial charge in [0.15, 0.2) is 0 Å². The van der Waals surface area contributed by atoms with Gasteiger partial charge in [0.2, 0.25) is 0 Å². The topological polar surface area (TPSA) is 32.8 Å². The summed E-state index contributed by atoms with van der Waals surface area (Å²) >= 11 is 0. The van der Waals surface area contributed by atoms with Crippen molar-refractivity contribution >= 4 is 11.6 Å². The molecule has 1 aliphatic rings. The molecule has 0 spiro atoms. The van der Waals surface area contributed by atoms with Crippen LogP contribution in [-0.2, 0) is 4.74 Å². The zero-order valence-electron chi connectivity index (χ0n) is 14.4. The molecule has 0 radical (unpaired) electrons. The number of benzene rings is 1. The molecular formula is C18H28N2O2. The summed E-state index contributed by atoms with van der Waals surface area (Å²) in [7, 11) is 0. The Bertz CT molecular complexity index is 506. The first kappa shape index (κ1) is 16.8. The van der Waals surface area contributed by atoms with Gasteiger partial charge in [-0.1, -0.05) is 0 Å². The molecule has 1 aliphatic heterocycles. The highest BCUT2D eigenvalue weighted by Gasteiger charge is 2.33. The van der Waals surface area contributed by atoms with Crippen LogP contribution in [0.4, 0.5) is 5.69 Å². The maximum absolute atomic E-state index is 12.7. The zero-order chi connectivity index (χ0) is 16.3. The summed E-state index contributed by atoms with van der Waals surface area (Å²) in [5.41, 5.74) is 1.63. The van der Waals surface area contributed by atoms with Crippen LogP contribution < -0.4 is 4.90 Å². The van der Waals surface area contributed by atoms with Gasteiger partial charge in [0, 0.05) is 37.4 Å². The van der Waals surface area contributed by atoms with Gasteiger partial charge in [-0.15, -0.1) is 0 Å². The zero-order valence-corrected chi connectivity index (χ0v) is 14.4. The monoisotopic (exact) mass is 304 g/mol. The van der Waals surface area contributed by atoms with Gasteiger partial charge in [-0.3, -0.25) is 4.79 Å². The van der Waals surface area contributed by atoms with Crippen molar-refractivity contribution in [1.82, 2.24) is 4.90 Å². The van der Waals surface area contributed by atoms with Gasteiger partial charge < -0.3 is 14.5 Å². The van der Waals surface area contributed by atoms with E-state index in [9.17, 15) is 4.79 Å². The number of anilines is 1. The average molecular weight is 304 g/mol. The fourth-order valence-corrected chi connectivity index (χ4v) is 3.19. The molecule has 22 heavy (non-hydrogen) atoms. The Balaban J connectivity index is 2.12. The number of hydrogen-bond donors (Lipinski definition) is 0. The van der Waals surface area contributed by atoms with Crippen LogP contribution in [0.15, 0.2) is 24.3 Å². The van der Waals surface area contributed by atoms with Crippen LogP contribution in [0.5, 0.6) is 0 Å². The summed E-state index contributed by atoms with van der Waals surface area (Å²) in [6.45, 7) is 13.6. The number of carbonyl (C=O) groups excluding carboxylic acids is 1. The number of rotatable bonds is 4. The molecule has 1 aromatic carbocycles. The summed E-state index contributed by atoms with van der Waals surface area (Å²) in [6.07, 6.45) is 0.0719. The van der Waals surface area contributed by atoms with Crippen molar-refractivity contribution in [2.24, 2.45) is 0 Å². The molecule has 122 valence electrons. The lowest BCUT2D eigenvalue weighted by Crippen LogP contribution is -2.53. The summed E-state index contributed by atoms with van der Waals surface area (Å²) in [6, 6.07) is 7.94. The third kappa shape index (κ3) is 3.80. The third-order valence-electron chi connectivity index (χ3n) is 4.10. The first-order valence-electron chi connectivity index (χ1n) is 8.18. The molecule has 1 fully saturated rings. The normalized spacial score (nSPS) is 20.8. The number of ether oxygens (including phenoxy) is 1. The molecule has 1 unspecified atom stereocenters. The fourth-order valence-electron chi connectivity index (χ4n) is 3.19. The lowest BCUT2D eigenvalue weighted by Gasteiger charge is -2.41. The van der Waals surface area contributed by atoms with E-state index < -0.39 is 0 Å². The van der Waals surface area contributed by atoms with E-state index in [0.717, 1.165) is 24.3 Å². The van der Waals surface area contributed by atoms with E-state index in [0.29, 0.717) is 13.1 Å². The predicted molar refractivity (Wildman–Crippen MR) is 90.5 cm³/mol. The summed E-state index contributed by atoms with van der Waals surface area (Å²) in [5.74, 6) is 0.0920. The molecule has 0 N–H and O–H groups in total. The second kappa shape index (κ2) is 6.69. The van der Waals surface area contributed by atoms with Crippen molar-refractivity contribution in [1.29, 1.82) is 0 Å². The van der Waals surface area contributed by atoms with Gasteiger partial charge in [0.05, 0.1) is 11.7 Å². The van der Waals surface area contributed by atoms with Crippen LogP contribution >= 0.6 is 0 Å². The molecule has 1 saturated heterocycles. The highest BCUT2D eigenvalue weighted by Crippen LogP contribution is 2.23. The van der Waals surface area contributed by atoms with Gasteiger partial charge >= 0.3 is 0 Å². The molecule has 0 saturated carbocycles. The van der Waals surface area contributed by atoms with Gasteiger partial charge in [0.25, 0.3) is 5.91 Å². The Kier molecular flexibility index (Phi) is 5.12. The minimum atomic E-state index is -0.283. The van der Waals surface area contributed by atoms with E-state index in [4.69, 9.17) is 4.74 Å². The van der Waals surface area contributed by atoms with E-state index in [1.165, 1.54) is 0 Å². The molecule has 0 bridgehead atoms. The first-order valence-corrected chi connectivity index (χ1v) is 8.18. The van der Waals surface area contributed by atoms with E-state index in [1.807, 2.05) is 49.9 Å². The molecule has 1 aromatic rings. The van der Waals surface area contributed by atoms with E-state index >= 15 is 0 Å². The van der Waals surface area contributed by atoms with Crippen molar-refractivity contribution in [2.75, 3.05) is 31.1 Å². The molecule has 4 heteroatoms. The van der Waals surface area contributed by atoms with Gasteiger partial charge in [-0.25, -0.2) is 0 Å². The number of nitrogens with zero attached hydrogens (tertiary/aromatic N) is 2. The van der Waals surface area contributed by atoms with Crippen LogP contribution in [-0.4, -0.2) is 48.7 Å². The maximum Gasteiger partial charge on any atom is 0.254 e. The van der Waals surface area contributed by atoms with Crippen LogP contribution in [0, 0.1) is 0 Å². The second-order valence-corrected chi connectivity index (χ2v) is 6.59. The number of amides is 1. The van der Waals surface area contributed by atoms with Gasteiger partial charge in [-0.05, 0) is 58.9 Å². The number of hydrogen-bond acceptors (Lipinski definition) is 3. The molecule has 1 amide bonds. The largest absolute Gasteiger partial charge is 0.372 e. The molecule has 4 nitrogen and oxygen atoms in total. The molecule has 0 aromatic heterocycles. The summed E-state index contributed by atoms with van der Waals surface area (Å²) in [5, 5.41) is 0. The predicted octanol–water partition coefficient (Wildman–Crippen LogP) is 3.17. The van der Waals surface area contributed by atoms with Gasteiger partial charge in [-0.2, -0.15) is 0 Å². The molecular weight excluding hydrogens is 276 g/mol. The van der Waals surface area contributed by atoms with Crippen LogP contribution in [0.1, 0.15) is 45.0 Å². The average Bonchev–Trinajstić information content (AvgIpc) is 2.46. The molecule has 1 atom stereocenters. The first-order chi connectivity index (χ1) is 10.4. The Morgan fingerprint density at radius 2 is 1.86 bits per heavy atom. The number of morpholine rings is 1. The summed E-state index contributed by atoms with van der Waals surface area (Å²) < 4.78 is 5.87. The maximum atomic E-state index is 12.7. The van der Waals surface area contributed by atoms with Crippen LogP contribution in [0.3, 0.4) is 0 Å². The SMILES string of the molecule is CCN(CC)c1ccc(C(=O)N2CC(C)OC(C)(C)C2)cc1. The third-order valence-corrected chi connectivity index (χ3v) is 4.10. The molecule has 1 heterocycles. The van der Waals surface area contributed by atoms with E-state index in [2.05, 4.69) is 18.7 Å². The van der Waals surface area contributed by atoms with Crippen molar-refractivity contribution in [2.45, 2.75) is 46.3 Å². The van der Waals surface area contributed by atoms with Crippen LogP contribution in [0.25, 0.3) is 0 Å². The smallest absolute Gasteiger partial charge is 0.254 e. The fraction of sp³-hybridized carbons (Fsp3) is 0.611. The van der Waals surface area contributed by atoms with Crippen molar-refractivity contribution in [3.05, 3.63) is 29.8 Å². The van der Waals surface area contributed by atoms with E-state index in [-0.39, 0.29) is 17.6 Å². The van der Waals surface area contributed by atoms with Crippen molar-refractivity contribution < 1.29 is 9.53 Å². The van der Waals surface area contributed by atoms with Crippen molar-refractivity contribution in [3.63, 3.8) is 0 Å². The summed E-state index contributed by atoms with van der Waals surface area (Å²) in [4.78, 5) is 16.9. The Labute approximate surface area is 134 Å². The lowest BCUT2D eigenvalue weighted by atomic mass is 10.0. The molecule has 0 aliphatic carbocycles. The number of carbonyl (C=O) groups is 1.